The van der Waals surface area contributed by atoms with Crippen LogP contribution in [0.15, 0.2) is 72.8 Å². The van der Waals surface area contributed by atoms with E-state index in [4.69, 9.17) is 23.2 Å². The predicted octanol–water partition coefficient (Wildman–Crippen LogP) is 4.34. The van der Waals surface area contributed by atoms with Gasteiger partial charge in [-0.1, -0.05) is 71.7 Å². The van der Waals surface area contributed by atoms with Crippen LogP contribution in [0.2, 0.25) is 10.0 Å². The van der Waals surface area contributed by atoms with Crippen molar-refractivity contribution in [2.24, 2.45) is 0 Å². The van der Waals surface area contributed by atoms with Gasteiger partial charge in [-0.25, -0.2) is 5.43 Å². The number of rotatable bonds is 9. The number of aryl methyl sites for hydroxylation is 1. The van der Waals surface area contributed by atoms with E-state index in [2.05, 4.69) is 10.7 Å². The minimum atomic E-state index is -1.29. The highest BCUT2D eigenvalue weighted by Gasteiger charge is 2.48. The molecule has 0 saturated heterocycles. The fourth-order valence-corrected chi connectivity index (χ4v) is 4.61. The van der Waals surface area contributed by atoms with Crippen molar-refractivity contribution in [1.29, 1.82) is 0 Å². The van der Waals surface area contributed by atoms with Gasteiger partial charge in [0.05, 0.1) is 13.2 Å². The van der Waals surface area contributed by atoms with Gasteiger partial charge in [0, 0.05) is 34.1 Å². The third kappa shape index (κ3) is 5.26. The average molecular weight is 498 g/mol. The molecule has 1 aliphatic heterocycles. The van der Waals surface area contributed by atoms with Crippen molar-refractivity contribution in [1.82, 2.24) is 10.4 Å². The van der Waals surface area contributed by atoms with Gasteiger partial charge in [0.15, 0.2) is 0 Å². The molecule has 0 spiro atoms. The number of hydrazine groups is 1. The van der Waals surface area contributed by atoms with E-state index in [1.165, 1.54) is 5.01 Å². The molecule has 3 N–H and O–H groups in total. The van der Waals surface area contributed by atoms with Crippen LogP contribution >= 0.6 is 23.2 Å². The zero-order valence-electron chi connectivity index (χ0n) is 18.4. The molecule has 6 nitrogen and oxygen atoms in total. The van der Waals surface area contributed by atoms with Crippen LogP contribution in [0.25, 0.3) is 0 Å². The summed E-state index contributed by atoms with van der Waals surface area (Å²) in [6.45, 7) is -0.229. The van der Waals surface area contributed by atoms with Crippen LogP contribution in [0.5, 0.6) is 0 Å². The maximum atomic E-state index is 13.4. The highest BCUT2D eigenvalue weighted by atomic mass is 35.5. The van der Waals surface area contributed by atoms with Gasteiger partial charge in [-0.3, -0.25) is 14.6 Å². The SMILES string of the molecule is O=C(CCc1ccccc1)N(CCO)NC1(Cc2cccc(Cl)c2)C(=O)Nc2cc(Cl)ccc21. The zero-order chi connectivity index (χ0) is 24.1. The molecule has 3 aromatic carbocycles. The number of nitrogens with one attached hydrogen (secondary N) is 2. The molecule has 2 amide bonds. The number of carbonyl (C=O) groups excluding carboxylic acids is 2. The zero-order valence-corrected chi connectivity index (χ0v) is 19.9. The number of aliphatic hydroxyl groups excluding tert-OH is 1. The van der Waals surface area contributed by atoms with E-state index in [0.29, 0.717) is 27.7 Å². The number of hydrogen-bond donors (Lipinski definition) is 3. The van der Waals surface area contributed by atoms with Crippen molar-refractivity contribution in [2.75, 3.05) is 18.5 Å². The molecule has 0 aliphatic carbocycles. The summed E-state index contributed by atoms with van der Waals surface area (Å²) in [4.78, 5) is 26.6. The summed E-state index contributed by atoms with van der Waals surface area (Å²) in [5.41, 5.74) is 4.99. The number of anilines is 1. The van der Waals surface area contributed by atoms with Gasteiger partial charge < -0.3 is 10.4 Å². The topological polar surface area (TPSA) is 81.7 Å². The maximum absolute atomic E-state index is 13.4. The second-order valence-corrected chi connectivity index (χ2v) is 9.10. The number of carbonyl (C=O) groups is 2. The lowest BCUT2D eigenvalue weighted by Gasteiger charge is -2.35. The van der Waals surface area contributed by atoms with Crippen LogP contribution < -0.4 is 10.7 Å². The Bertz CT molecular complexity index is 1190. The Labute approximate surface area is 208 Å². The quantitative estimate of drug-likeness (QED) is 0.384. The van der Waals surface area contributed by atoms with E-state index in [1.807, 2.05) is 42.5 Å². The number of hydrogen-bond acceptors (Lipinski definition) is 4. The first kappa shape index (κ1) is 24.2. The third-order valence-electron chi connectivity index (χ3n) is 5.86. The Hall–Kier alpha value is -2.90. The van der Waals surface area contributed by atoms with Crippen molar-refractivity contribution in [3.63, 3.8) is 0 Å². The van der Waals surface area contributed by atoms with Crippen LogP contribution in [0.1, 0.15) is 23.1 Å². The Morgan fingerprint density at radius 3 is 2.44 bits per heavy atom. The first-order valence-electron chi connectivity index (χ1n) is 11.0. The molecule has 1 atom stereocenters. The van der Waals surface area contributed by atoms with E-state index in [1.54, 1.807) is 30.3 Å². The molecule has 0 saturated carbocycles. The van der Waals surface area contributed by atoms with E-state index in [9.17, 15) is 14.7 Å². The maximum Gasteiger partial charge on any atom is 0.251 e. The Balaban J connectivity index is 1.66. The molecule has 3 aromatic rings. The molecule has 0 fully saturated rings. The normalized spacial score (nSPS) is 16.7. The second-order valence-electron chi connectivity index (χ2n) is 8.22. The van der Waals surface area contributed by atoms with Crippen LogP contribution in [0.4, 0.5) is 5.69 Å². The predicted molar refractivity (Wildman–Crippen MR) is 134 cm³/mol. The Morgan fingerprint density at radius 1 is 0.971 bits per heavy atom. The van der Waals surface area contributed by atoms with E-state index in [0.717, 1.165) is 11.1 Å². The Kier molecular flexibility index (Phi) is 7.54. The van der Waals surface area contributed by atoms with E-state index >= 15 is 0 Å². The number of benzene rings is 3. The van der Waals surface area contributed by atoms with Gasteiger partial charge in [-0.2, -0.15) is 0 Å². The van der Waals surface area contributed by atoms with Crippen LogP contribution in [-0.2, 0) is 28.0 Å². The molecule has 1 unspecified atom stereocenters. The average Bonchev–Trinajstić information content (AvgIpc) is 3.07. The third-order valence-corrected chi connectivity index (χ3v) is 6.33. The minimum Gasteiger partial charge on any atom is -0.394 e. The molecular formula is C26H25Cl2N3O3. The van der Waals surface area contributed by atoms with Gasteiger partial charge >= 0.3 is 0 Å². The minimum absolute atomic E-state index is 0.0289. The lowest BCUT2D eigenvalue weighted by molar-refractivity contribution is -0.140. The first-order chi connectivity index (χ1) is 16.4. The molecule has 1 heterocycles. The standard InChI is InChI=1S/C26H25Cl2N3O3/c27-20-8-4-7-19(15-20)17-26(22-11-10-21(28)16-23(22)29-25(26)34)30-31(13-14-32)24(33)12-9-18-5-2-1-3-6-18/h1-8,10-11,15-16,30,32H,9,12-14,17H2,(H,29,34). The lowest BCUT2D eigenvalue weighted by atomic mass is 9.85. The summed E-state index contributed by atoms with van der Waals surface area (Å²) >= 11 is 12.4. The van der Waals surface area contributed by atoms with Gasteiger partial charge in [0.2, 0.25) is 5.91 Å². The summed E-state index contributed by atoms with van der Waals surface area (Å²) < 4.78 is 0. The summed E-state index contributed by atoms with van der Waals surface area (Å²) in [7, 11) is 0. The molecule has 176 valence electrons. The second kappa shape index (κ2) is 10.6. The number of halogens is 2. The summed E-state index contributed by atoms with van der Waals surface area (Å²) in [6, 6.07) is 22.1. The molecule has 0 radical (unpaired) electrons. The number of amides is 2. The van der Waals surface area contributed by atoms with Crippen molar-refractivity contribution in [3.8, 4) is 0 Å². The van der Waals surface area contributed by atoms with Gasteiger partial charge in [-0.05, 0) is 41.8 Å². The fraction of sp³-hybridized carbons (Fsp3) is 0.231. The van der Waals surface area contributed by atoms with Crippen LogP contribution in [0, 0.1) is 0 Å². The molecule has 8 heteroatoms. The van der Waals surface area contributed by atoms with E-state index in [-0.39, 0.29) is 37.8 Å². The molecule has 0 bridgehead atoms. The fourth-order valence-electron chi connectivity index (χ4n) is 4.23. The number of nitrogens with zero attached hydrogens (tertiary/aromatic N) is 1. The van der Waals surface area contributed by atoms with E-state index < -0.39 is 5.54 Å². The smallest absolute Gasteiger partial charge is 0.251 e. The molecule has 34 heavy (non-hydrogen) atoms. The molecular weight excluding hydrogens is 473 g/mol. The van der Waals surface area contributed by atoms with Crippen molar-refractivity contribution in [2.45, 2.75) is 24.8 Å². The van der Waals surface area contributed by atoms with Crippen molar-refractivity contribution < 1.29 is 14.7 Å². The summed E-state index contributed by atoms with van der Waals surface area (Å²) in [5, 5.41) is 15.0. The lowest BCUT2D eigenvalue weighted by Crippen LogP contribution is -2.59. The first-order valence-corrected chi connectivity index (χ1v) is 11.8. The summed E-state index contributed by atoms with van der Waals surface area (Å²) in [6.07, 6.45) is 1.00. The largest absolute Gasteiger partial charge is 0.394 e. The van der Waals surface area contributed by atoms with Crippen LogP contribution in [0.3, 0.4) is 0 Å². The highest BCUT2D eigenvalue weighted by Crippen LogP contribution is 2.40. The van der Waals surface area contributed by atoms with Gasteiger partial charge in [0.25, 0.3) is 5.91 Å². The van der Waals surface area contributed by atoms with Crippen molar-refractivity contribution >= 4 is 40.7 Å². The molecule has 1 aliphatic rings. The highest BCUT2D eigenvalue weighted by molar-refractivity contribution is 6.31. The monoisotopic (exact) mass is 497 g/mol. The van der Waals surface area contributed by atoms with Gasteiger partial charge in [0.1, 0.15) is 5.54 Å². The van der Waals surface area contributed by atoms with Gasteiger partial charge in [-0.15, -0.1) is 0 Å². The Morgan fingerprint density at radius 2 is 1.71 bits per heavy atom. The summed E-state index contributed by atoms with van der Waals surface area (Å²) in [5.74, 6) is -0.540. The molecule has 4 rings (SSSR count). The van der Waals surface area contributed by atoms with Crippen LogP contribution in [-0.4, -0.2) is 35.1 Å². The number of aliphatic hydroxyl groups is 1. The molecule has 0 aromatic heterocycles. The van der Waals surface area contributed by atoms with Crippen molar-refractivity contribution in [3.05, 3.63) is 99.5 Å². The number of fused-ring (bicyclic) bond motifs is 1.